The van der Waals surface area contributed by atoms with Gasteiger partial charge in [0.2, 0.25) is 0 Å². The molecule has 88 valence electrons. The standard InChI is InChI=1S/C10H15N3O3/c1-2-3-4-7-16-8-5-6-12-10(9(8)11)13(14)15/h5-6H,2-4,7,11H2,1H3. The van der Waals surface area contributed by atoms with Crippen LogP contribution in [0.1, 0.15) is 26.2 Å². The minimum Gasteiger partial charge on any atom is -0.491 e. The van der Waals surface area contributed by atoms with E-state index in [4.69, 9.17) is 10.5 Å². The first-order valence-electron chi connectivity index (χ1n) is 5.18. The second-order valence-electron chi connectivity index (χ2n) is 3.36. The van der Waals surface area contributed by atoms with E-state index in [0.717, 1.165) is 19.3 Å². The average Bonchev–Trinajstić information content (AvgIpc) is 2.26. The first kappa shape index (κ1) is 12.2. The molecule has 0 saturated heterocycles. The van der Waals surface area contributed by atoms with Gasteiger partial charge in [-0.15, -0.1) is 0 Å². The van der Waals surface area contributed by atoms with Crippen molar-refractivity contribution >= 4 is 11.5 Å². The summed E-state index contributed by atoms with van der Waals surface area (Å²) in [5, 5.41) is 10.6. The summed E-state index contributed by atoms with van der Waals surface area (Å²) in [6, 6.07) is 1.54. The van der Waals surface area contributed by atoms with Crippen LogP contribution in [0.2, 0.25) is 0 Å². The Kier molecular flexibility index (Phi) is 4.50. The quantitative estimate of drug-likeness (QED) is 0.455. The molecule has 0 radical (unpaired) electrons. The molecule has 0 atom stereocenters. The lowest BCUT2D eigenvalue weighted by molar-refractivity contribution is -0.388. The predicted octanol–water partition coefficient (Wildman–Crippen LogP) is 2.14. The molecule has 1 rings (SSSR count). The van der Waals surface area contributed by atoms with E-state index in [9.17, 15) is 10.1 Å². The normalized spacial score (nSPS) is 10.1. The van der Waals surface area contributed by atoms with Gasteiger partial charge in [-0.05, 0) is 16.3 Å². The van der Waals surface area contributed by atoms with Gasteiger partial charge in [-0.1, -0.05) is 19.8 Å². The molecule has 6 heteroatoms. The summed E-state index contributed by atoms with van der Waals surface area (Å²) < 4.78 is 5.36. The summed E-state index contributed by atoms with van der Waals surface area (Å²) in [6.07, 6.45) is 4.39. The monoisotopic (exact) mass is 225 g/mol. The third kappa shape index (κ3) is 3.08. The Bertz CT molecular complexity index is 368. The average molecular weight is 225 g/mol. The van der Waals surface area contributed by atoms with Crippen LogP contribution in [0.15, 0.2) is 12.3 Å². The van der Waals surface area contributed by atoms with Crippen molar-refractivity contribution in [2.45, 2.75) is 26.2 Å². The zero-order chi connectivity index (χ0) is 12.0. The van der Waals surface area contributed by atoms with E-state index in [-0.39, 0.29) is 11.5 Å². The van der Waals surface area contributed by atoms with Gasteiger partial charge >= 0.3 is 5.82 Å². The van der Waals surface area contributed by atoms with Crippen molar-refractivity contribution < 1.29 is 9.66 Å². The van der Waals surface area contributed by atoms with Crippen LogP contribution >= 0.6 is 0 Å². The molecule has 0 amide bonds. The van der Waals surface area contributed by atoms with Crippen molar-refractivity contribution in [2.24, 2.45) is 0 Å². The molecule has 0 aromatic carbocycles. The molecule has 6 nitrogen and oxygen atoms in total. The van der Waals surface area contributed by atoms with E-state index in [1.54, 1.807) is 0 Å². The fourth-order valence-electron chi connectivity index (χ4n) is 1.25. The van der Waals surface area contributed by atoms with Crippen LogP contribution in [0.5, 0.6) is 5.75 Å². The summed E-state index contributed by atoms with van der Waals surface area (Å²) in [7, 11) is 0. The van der Waals surface area contributed by atoms with Gasteiger partial charge < -0.3 is 20.6 Å². The molecule has 0 spiro atoms. The number of nitrogen functional groups attached to an aromatic ring is 1. The highest BCUT2D eigenvalue weighted by molar-refractivity contribution is 5.62. The molecule has 1 aromatic rings. The third-order valence-electron chi connectivity index (χ3n) is 2.11. The van der Waals surface area contributed by atoms with Crippen LogP contribution in [0, 0.1) is 10.1 Å². The van der Waals surface area contributed by atoms with Crippen LogP contribution in [-0.4, -0.2) is 16.5 Å². The van der Waals surface area contributed by atoms with Crippen LogP contribution in [0.3, 0.4) is 0 Å². The van der Waals surface area contributed by atoms with Gasteiger partial charge in [0.05, 0.1) is 6.61 Å². The number of nitrogens with zero attached hydrogens (tertiary/aromatic N) is 2. The molecular formula is C10H15N3O3. The van der Waals surface area contributed by atoms with Crippen molar-refractivity contribution in [1.82, 2.24) is 4.98 Å². The Morgan fingerprint density at radius 1 is 1.56 bits per heavy atom. The molecule has 0 fully saturated rings. The number of pyridine rings is 1. The van der Waals surface area contributed by atoms with E-state index < -0.39 is 4.92 Å². The molecular weight excluding hydrogens is 210 g/mol. The fourth-order valence-corrected chi connectivity index (χ4v) is 1.25. The fraction of sp³-hybridized carbons (Fsp3) is 0.500. The number of anilines is 1. The Hall–Kier alpha value is -1.85. The van der Waals surface area contributed by atoms with Gasteiger partial charge in [-0.3, -0.25) is 0 Å². The van der Waals surface area contributed by atoms with Gasteiger partial charge in [0.25, 0.3) is 0 Å². The van der Waals surface area contributed by atoms with Crippen molar-refractivity contribution in [2.75, 3.05) is 12.3 Å². The number of hydrogen-bond donors (Lipinski definition) is 1. The van der Waals surface area contributed by atoms with Gasteiger partial charge in [-0.25, -0.2) is 0 Å². The minimum absolute atomic E-state index is 0.0102. The smallest absolute Gasteiger partial charge is 0.390 e. The topological polar surface area (TPSA) is 91.3 Å². The van der Waals surface area contributed by atoms with Crippen molar-refractivity contribution in [3.63, 3.8) is 0 Å². The summed E-state index contributed by atoms with van der Waals surface area (Å²) in [5.41, 5.74) is 5.56. The summed E-state index contributed by atoms with van der Waals surface area (Å²) in [4.78, 5) is 13.5. The summed E-state index contributed by atoms with van der Waals surface area (Å²) in [5.74, 6) is -0.0224. The van der Waals surface area contributed by atoms with E-state index in [1.165, 1.54) is 12.3 Å². The number of ether oxygens (including phenoxy) is 1. The molecule has 0 aliphatic heterocycles. The summed E-state index contributed by atoms with van der Waals surface area (Å²) in [6.45, 7) is 2.60. The van der Waals surface area contributed by atoms with Crippen molar-refractivity contribution in [3.05, 3.63) is 22.4 Å². The highest BCUT2D eigenvalue weighted by Crippen LogP contribution is 2.28. The maximum absolute atomic E-state index is 10.6. The Labute approximate surface area is 93.6 Å². The third-order valence-corrected chi connectivity index (χ3v) is 2.11. The van der Waals surface area contributed by atoms with Gasteiger partial charge in [0, 0.05) is 6.07 Å². The zero-order valence-electron chi connectivity index (χ0n) is 9.18. The van der Waals surface area contributed by atoms with Crippen LogP contribution in [-0.2, 0) is 0 Å². The number of nitrogens with two attached hydrogens (primary N) is 1. The highest BCUT2D eigenvalue weighted by Gasteiger charge is 2.16. The molecule has 0 aliphatic carbocycles. The van der Waals surface area contributed by atoms with E-state index in [0.29, 0.717) is 12.4 Å². The Balaban J connectivity index is 2.66. The number of nitro groups is 1. The SMILES string of the molecule is CCCCCOc1ccnc([N+](=O)[O-])c1N. The largest absolute Gasteiger partial charge is 0.491 e. The zero-order valence-corrected chi connectivity index (χ0v) is 9.18. The molecule has 1 aromatic heterocycles. The maximum Gasteiger partial charge on any atom is 0.390 e. The Morgan fingerprint density at radius 3 is 2.94 bits per heavy atom. The molecule has 1 heterocycles. The number of hydrogen-bond acceptors (Lipinski definition) is 5. The molecule has 16 heavy (non-hydrogen) atoms. The van der Waals surface area contributed by atoms with Crippen LogP contribution < -0.4 is 10.5 Å². The second kappa shape index (κ2) is 5.89. The lowest BCUT2D eigenvalue weighted by atomic mass is 10.3. The maximum atomic E-state index is 10.6. The van der Waals surface area contributed by atoms with E-state index >= 15 is 0 Å². The van der Waals surface area contributed by atoms with E-state index in [1.807, 2.05) is 0 Å². The molecule has 2 N–H and O–H groups in total. The van der Waals surface area contributed by atoms with Gasteiger partial charge in [0.1, 0.15) is 6.20 Å². The van der Waals surface area contributed by atoms with Crippen molar-refractivity contribution in [3.8, 4) is 5.75 Å². The van der Waals surface area contributed by atoms with Crippen LogP contribution in [0.4, 0.5) is 11.5 Å². The number of unbranched alkanes of at least 4 members (excludes halogenated alkanes) is 2. The predicted molar refractivity (Wildman–Crippen MR) is 60.3 cm³/mol. The number of aromatic nitrogens is 1. The number of rotatable bonds is 6. The van der Waals surface area contributed by atoms with Gasteiger partial charge in [0.15, 0.2) is 11.4 Å². The van der Waals surface area contributed by atoms with Crippen molar-refractivity contribution in [1.29, 1.82) is 0 Å². The highest BCUT2D eigenvalue weighted by atomic mass is 16.6. The lowest BCUT2D eigenvalue weighted by Gasteiger charge is -2.07. The molecule has 0 bridgehead atoms. The summed E-state index contributed by atoms with van der Waals surface area (Å²) >= 11 is 0. The minimum atomic E-state index is -0.617. The Morgan fingerprint density at radius 2 is 2.31 bits per heavy atom. The molecule has 0 aliphatic rings. The van der Waals surface area contributed by atoms with E-state index in [2.05, 4.69) is 11.9 Å². The van der Waals surface area contributed by atoms with Crippen LogP contribution in [0.25, 0.3) is 0 Å². The first-order chi connectivity index (χ1) is 7.66. The molecule has 0 unspecified atom stereocenters. The second-order valence-corrected chi connectivity index (χ2v) is 3.36. The molecule has 0 saturated carbocycles. The first-order valence-corrected chi connectivity index (χ1v) is 5.18. The lowest BCUT2D eigenvalue weighted by Crippen LogP contribution is -2.04. The van der Waals surface area contributed by atoms with Gasteiger partial charge in [-0.2, -0.15) is 0 Å².